The van der Waals surface area contributed by atoms with Gasteiger partial charge in [-0.2, -0.15) is 0 Å². The van der Waals surface area contributed by atoms with Crippen molar-refractivity contribution in [2.24, 2.45) is 0 Å². The number of aryl methyl sites for hydroxylation is 1. The van der Waals surface area contributed by atoms with Crippen LogP contribution in [0.2, 0.25) is 0 Å². The van der Waals surface area contributed by atoms with Crippen molar-refractivity contribution in [2.75, 3.05) is 0 Å². The number of fused-ring (bicyclic) bond motifs is 12. The van der Waals surface area contributed by atoms with Crippen molar-refractivity contribution in [2.45, 2.75) is 18.3 Å². The van der Waals surface area contributed by atoms with E-state index in [-0.39, 0.29) is 0 Å². The molecule has 244 valence electrons. The second kappa shape index (κ2) is 11.2. The van der Waals surface area contributed by atoms with Gasteiger partial charge in [-0.3, -0.25) is 0 Å². The van der Waals surface area contributed by atoms with Crippen LogP contribution < -0.4 is 4.74 Å². The number of ether oxygens (including phenoxy) is 1. The second-order valence-corrected chi connectivity index (χ2v) is 13.8. The second-order valence-electron chi connectivity index (χ2n) is 13.8. The van der Waals surface area contributed by atoms with Crippen LogP contribution in [0.5, 0.6) is 11.5 Å². The van der Waals surface area contributed by atoms with Crippen molar-refractivity contribution in [1.29, 1.82) is 0 Å². The number of nitrogens with zero attached hydrogens (tertiary/aromatic N) is 3. The summed E-state index contributed by atoms with van der Waals surface area (Å²) in [6.07, 6.45) is 6.70. The first kappa shape index (κ1) is 29.1. The van der Waals surface area contributed by atoms with Crippen LogP contribution >= 0.6 is 0 Å². The quantitative estimate of drug-likeness (QED) is 0.188. The number of aromatic nitrogens is 3. The van der Waals surface area contributed by atoms with E-state index in [9.17, 15) is 0 Å². The summed E-state index contributed by atoms with van der Waals surface area (Å²) in [6.45, 7) is 0. The van der Waals surface area contributed by atoms with E-state index >= 15 is 0 Å². The van der Waals surface area contributed by atoms with Crippen LogP contribution in [0.1, 0.15) is 39.8 Å². The average molecular weight is 666 g/mol. The highest BCUT2D eigenvalue weighted by Crippen LogP contribution is 2.63. The van der Waals surface area contributed by atoms with Gasteiger partial charge >= 0.3 is 0 Å². The molecule has 0 radical (unpaired) electrons. The van der Waals surface area contributed by atoms with Gasteiger partial charge in [-0.05, 0) is 75.2 Å². The largest absolute Gasteiger partial charge is 0.456 e. The Balaban J connectivity index is 1.16. The summed E-state index contributed by atoms with van der Waals surface area (Å²) in [7, 11) is 0. The molecule has 2 heterocycles. The Labute approximate surface area is 301 Å². The average Bonchev–Trinajstić information content (AvgIpc) is 3.51. The molecule has 1 spiro atoms. The van der Waals surface area contributed by atoms with Crippen molar-refractivity contribution in [3.8, 4) is 56.8 Å². The molecular weight excluding hydrogens is 635 g/mol. The lowest BCUT2D eigenvalue weighted by Gasteiger charge is -2.39. The maximum Gasteiger partial charge on any atom is 0.167 e. The van der Waals surface area contributed by atoms with Crippen LogP contribution in [0, 0.1) is 0 Å². The van der Waals surface area contributed by atoms with Gasteiger partial charge in [-0.25, -0.2) is 15.0 Å². The molecule has 0 unspecified atom stereocenters. The Hall–Kier alpha value is -6.65. The molecular formula is C48H31N3O. The molecule has 0 N–H and O–H groups in total. The zero-order chi connectivity index (χ0) is 34.2. The number of hydrogen-bond donors (Lipinski definition) is 0. The summed E-state index contributed by atoms with van der Waals surface area (Å²) >= 11 is 0. The predicted molar refractivity (Wildman–Crippen MR) is 208 cm³/mol. The first-order chi connectivity index (χ1) is 25.8. The van der Waals surface area contributed by atoms with E-state index < -0.39 is 5.41 Å². The van der Waals surface area contributed by atoms with Crippen molar-refractivity contribution in [1.82, 2.24) is 15.0 Å². The lowest BCUT2D eigenvalue weighted by Crippen LogP contribution is -2.32. The zero-order valence-electron chi connectivity index (χ0n) is 28.3. The highest BCUT2D eigenvalue weighted by molar-refractivity contribution is 5.95. The van der Waals surface area contributed by atoms with Gasteiger partial charge < -0.3 is 4.74 Å². The Morgan fingerprint density at radius 3 is 1.96 bits per heavy atom. The summed E-state index contributed by atoms with van der Waals surface area (Å²) in [4.78, 5) is 15.5. The third-order valence-electron chi connectivity index (χ3n) is 11.1. The number of benzene rings is 7. The molecule has 4 heteroatoms. The van der Waals surface area contributed by atoms with E-state index in [1.165, 1.54) is 44.2 Å². The maximum atomic E-state index is 6.97. The number of rotatable bonds is 3. The van der Waals surface area contributed by atoms with Crippen LogP contribution in [-0.4, -0.2) is 15.0 Å². The van der Waals surface area contributed by atoms with Crippen molar-refractivity contribution >= 4 is 16.8 Å². The monoisotopic (exact) mass is 665 g/mol. The number of para-hydroxylation sites is 2. The van der Waals surface area contributed by atoms with E-state index in [0.717, 1.165) is 52.2 Å². The van der Waals surface area contributed by atoms with Crippen LogP contribution in [0.15, 0.2) is 158 Å². The first-order valence-electron chi connectivity index (χ1n) is 17.9. The lowest BCUT2D eigenvalue weighted by molar-refractivity contribution is 0.437. The van der Waals surface area contributed by atoms with E-state index in [4.69, 9.17) is 19.7 Å². The first-order valence-corrected chi connectivity index (χ1v) is 17.9. The van der Waals surface area contributed by atoms with Gasteiger partial charge in [0.05, 0.1) is 11.0 Å². The molecule has 1 aromatic heterocycles. The standard InChI is InChI=1S/C48H31N3O/c1-2-14-31(15-3-1)45-49-46(33-27-28-35-32(29-33)26-25-30-13-4-5-16-34(30)35)51-47(50-45)38-19-12-23-42-44(38)52-43-24-11-10-22-41(43)48(42)39-20-8-6-17-36(39)37-18-7-9-21-40(37)48/h1-3,5-12,14-29H,4,13H2. The minimum atomic E-state index is -0.572. The maximum absolute atomic E-state index is 6.97. The van der Waals surface area contributed by atoms with Crippen LogP contribution in [0.4, 0.5) is 0 Å². The molecule has 8 aromatic rings. The topological polar surface area (TPSA) is 47.9 Å². The minimum absolute atomic E-state index is 0.572. The fourth-order valence-corrected chi connectivity index (χ4v) is 8.79. The Kier molecular flexibility index (Phi) is 6.26. The smallest absolute Gasteiger partial charge is 0.167 e. The Bertz CT molecular complexity index is 2740. The molecule has 0 saturated carbocycles. The summed E-state index contributed by atoms with van der Waals surface area (Å²) in [6, 6.07) is 53.7. The number of hydrogen-bond acceptors (Lipinski definition) is 4. The third kappa shape index (κ3) is 4.12. The van der Waals surface area contributed by atoms with Gasteiger partial charge in [0.25, 0.3) is 0 Å². The van der Waals surface area contributed by atoms with E-state index in [2.05, 4.69) is 140 Å². The highest BCUT2D eigenvalue weighted by Gasteiger charge is 2.51. The molecule has 0 fully saturated rings. The summed E-state index contributed by atoms with van der Waals surface area (Å²) in [5.41, 5.74) is 12.0. The normalized spacial score (nSPS) is 14.2. The van der Waals surface area contributed by atoms with Gasteiger partial charge in [0, 0.05) is 22.3 Å². The highest BCUT2D eigenvalue weighted by atomic mass is 16.5. The molecule has 4 nitrogen and oxygen atoms in total. The summed E-state index contributed by atoms with van der Waals surface area (Å²) in [5.74, 6) is 3.41. The number of allylic oxidation sites excluding steroid dienone is 1. The van der Waals surface area contributed by atoms with E-state index in [1.807, 2.05) is 24.3 Å². The van der Waals surface area contributed by atoms with Crippen molar-refractivity contribution < 1.29 is 4.74 Å². The molecule has 0 bridgehead atoms. The molecule has 52 heavy (non-hydrogen) atoms. The zero-order valence-corrected chi connectivity index (χ0v) is 28.3. The van der Waals surface area contributed by atoms with E-state index in [1.54, 1.807) is 0 Å². The van der Waals surface area contributed by atoms with Gasteiger partial charge in [0.2, 0.25) is 0 Å². The summed E-state index contributed by atoms with van der Waals surface area (Å²) < 4.78 is 6.97. The summed E-state index contributed by atoms with van der Waals surface area (Å²) in [5, 5.41) is 2.42. The lowest BCUT2D eigenvalue weighted by atomic mass is 9.66. The molecule has 1 aliphatic heterocycles. The fourth-order valence-electron chi connectivity index (χ4n) is 8.79. The fraction of sp³-hybridized carbons (Fsp3) is 0.0625. The molecule has 7 aromatic carbocycles. The van der Waals surface area contributed by atoms with Crippen LogP contribution in [0.25, 0.3) is 62.1 Å². The molecule has 0 amide bonds. The Morgan fingerprint density at radius 1 is 0.500 bits per heavy atom. The van der Waals surface area contributed by atoms with Crippen LogP contribution in [0.3, 0.4) is 0 Å². The molecule has 0 saturated heterocycles. The van der Waals surface area contributed by atoms with Gasteiger partial charge in [0.1, 0.15) is 11.5 Å². The predicted octanol–water partition coefficient (Wildman–Crippen LogP) is 11.5. The molecule has 0 atom stereocenters. The SMILES string of the molecule is C1=Cc2c(ccc3cc(-c4nc(-c5ccccc5)nc(-c5cccc6c5Oc5ccccc5C65c6ccccc6-c6ccccc65)n4)ccc23)CC1. The molecule has 3 aliphatic rings. The van der Waals surface area contributed by atoms with E-state index in [0.29, 0.717) is 17.5 Å². The van der Waals surface area contributed by atoms with Gasteiger partial charge in [0.15, 0.2) is 17.5 Å². The van der Waals surface area contributed by atoms with Crippen molar-refractivity contribution in [3.05, 3.63) is 191 Å². The minimum Gasteiger partial charge on any atom is -0.456 e. The molecule has 11 rings (SSSR count). The van der Waals surface area contributed by atoms with Gasteiger partial charge in [-0.15, -0.1) is 0 Å². The van der Waals surface area contributed by atoms with Gasteiger partial charge in [-0.1, -0.05) is 146 Å². The molecule has 2 aliphatic carbocycles. The Morgan fingerprint density at radius 2 is 1.15 bits per heavy atom. The third-order valence-corrected chi connectivity index (χ3v) is 11.1. The van der Waals surface area contributed by atoms with Crippen LogP contribution in [-0.2, 0) is 11.8 Å². The van der Waals surface area contributed by atoms with Crippen molar-refractivity contribution in [3.63, 3.8) is 0 Å².